The minimum absolute atomic E-state index is 0.158. The van der Waals surface area contributed by atoms with Crippen molar-refractivity contribution in [3.05, 3.63) is 77.7 Å². The summed E-state index contributed by atoms with van der Waals surface area (Å²) in [5.41, 5.74) is 3.08. The van der Waals surface area contributed by atoms with Gasteiger partial charge in [-0.15, -0.1) is 0 Å². The van der Waals surface area contributed by atoms with E-state index >= 15 is 0 Å². The van der Waals surface area contributed by atoms with E-state index in [0.29, 0.717) is 6.54 Å². The molecule has 1 aromatic heterocycles. The number of H-pyrrole nitrogens is 1. The Morgan fingerprint density at radius 1 is 1.13 bits per heavy atom. The molecule has 3 rings (SSSR count). The van der Waals surface area contributed by atoms with Gasteiger partial charge in [-0.05, 0) is 41.8 Å². The first-order chi connectivity index (χ1) is 11.2. The molecule has 2 N–H and O–H groups in total. The lowest BCUT2D eigenvalue weighted by atomic mass is 10.1. The van der Waals surface area contributed by atoms with E-state index in [4.69, 9.17) is 0 Å². The average molecular weight is 308 g/mol. The van der Waals surface area contributed by atoms with E-state index in [2.05, 4.69) is 16.4 Å². The monoisotopic (exact) mass is 308 g/mol. The Labute approximate surface area is 133 Å². The summed E-state index contributed by atoms with van der Waals surface area (Å²) in [6.45, 7) is 0.564. The second kappa shape index (κ2) is 6.92. The first kappa shape index (κ1) is 15.0. The van der Waals surface area contributed by atoms with Crippen LogP contribution < -0.4 is 5.32 Å². The largest absolute Gasteiger partial charge is 0.361 e. The zero-order valence-corrected chi connectivity index (χ0v) is 12.6. The smallest absolute Gasteiger partial charge is 0.244 e. The van der Waals surface area contributed by atoms with Crippen LogP contribution in [0, 0.1) is 5.82 Å². The number of carbonyl (C=O) groups is 1. The normalized spacial score (nSPS) is 11.2. The van der Waals surface area contributed by atoms with Crippen molar-refractivity contribution >= 4 is 22.9 Å². The van der Waals surface area contributed by atoms with Crippen LogP contribution in [0.2, 0.25) is 0 Å². The van der Waals surface area contributed by atoms with Crippen LogP contribution >= 0.6 is 0 Å². The lowest BCUT2D eigenvalue weighted by molar-refractivity contribution is -0.116. The molecule has 2 aromatic carbocycles. The lowest BCUT2D eigenvalue weighted by Gasteiger charge is -2.01. The summed E-state index contributed by atoms with van der Waals surface area (Å²) < 4.78 is 12.8. The molecular weight excluding hydrogens is 291 g/mol. The maximum Gasteiger partial charge on any atom is 0.244 e. The number of hydrogen-bond acceptors (Lipinski definition) is 1. The third-order valence-corrected chi connectivity index (χ3v) is 3.67. The fourth-order valence-electron chi connectivity index (χ4n) is 2.46. The van der Waals surface area contributed by atoms with E-state index in [1.807, 2.05) is 24.4 Å². The van der Waals surface area contributed by atoms with Crippen molar-refractivity contribution in [2.45, 2.75) is 6.42 Å². The second-order valence-electron chi connectivity index (χ2n) is 5.29. The zero-order chi connectivity index (χ0) is 16.1. The number of fused-ring (bicyclic) bond motifs is 1. The van der Waals surface area contributed by atoms with Crippen molar-refractivity contribution in [3.8, 4) is 0 Å². The number of amides is 1. The van der Waals surface area contributed by atoms with Gasteiger partial charge in [0.25, 0.3) is 0 Å². The summed E-state index contributed by atoms with van der Waals surface area (Å²) in [4.78, 5) is 15.0. The molecule has 0 saturated heterocycles. The number of para-hydroxylation sites is 1. The van der Waals surface area contributed by atoms with Crippen LogP contribution in [0.5, 0.6) is 0 Å². The van der Waals surface area contributed by atoms with Gasteiger partial charge in [0.2, 0.25) is 5.91 Å². The van der Waals surface area contributed by atoms with Gasteiger partial charge in [-0.25, -0.2) is 4.39 Å². The molecule has 1 amide bonds. The molecule has 0 spiro atoms. The molecule has 0 aliphatic carbocycles. The molecule has 3 nitrogen and oxygen atoms in total. The van der Waals surface area contributed by atoms with E-state index in [0.717, 1.165) is 17.5 Å². The summed E-state index contributed by atoms with van der Waals surface area (Å²) in [5.74, 6) is -0.445. The Morgan fingerprint density at radius 2 is 1.91 bits per heavy atom. The molecule has 0 fully saturated rings. The summed E-state index contributed by atoms with van der Waals surface area (Å²) in [6, 6.07) is 14.1. The third kappa shape index (κ3) is 3.86. The third-order valence-electron chi connectivity index (χ3n) is 3.67. The van der Waals surface area contributed by atoms with E-state index in [1.165, 1.54) is 29.2 Å². The standard InChI is InChI=1S/C19H17FN2O/c20-16-8-5-14(6-9-16)7-10-19(23)21-12-11-15-13-22-18-4-2-1-3-17(15)18/h1-10,13,22H,11-12H2,(H,21,23). The zero-order valence-electron chi connectivity index (χ0n) is 12.6. The summed E-state index contributed by atoms with van der Waals surface area (Å²) in [5, 5.41) is 4.04. The van der Waals surface area contributed by atoms with Crippen molar-refractivity contribution < 1.29 is 9.18 Å². The van der Waals surface area contributed by atoms with Gasteiger partial charge >= 0.3 is 0 Å². The number of benzene rings is 2. The van der Waals surface area contributed by atoms with Crippen LogP contribution in [0.3, 0.4) is 0 Å². The Balaban J connectivity index is 1.52. The molecule has 0 aliphatic heterocycles. The molecule has 0 bridgehead atoms. The fraction of sp³-hybridized carbons (Fsp3) is 0.105. The van der Waals surface area contributed by atoms with Crippen molar-refractivity contribution in [2.75, 3.05) is 6.54 Å². The van der Waals surface area contributed by atoms with Crippen molar-refractivity contribution in [1.29, 1.82) is 0 Å². The fourth-order valence-corrected chi connectivity index (χ4v) is 2.46. The van der Waals surface area contributed by atoms with Crippen LogP contribution in [-0.2, 0) is 11.2 Å². The number of nitrogens with one attached hydrogen (secondary N) is 2. The van der Waals surface area contributed by atoms with Crippen LogP contribution in [0.4, 0.5) is 4.39 Å². The summed E-state index contributed by atoms with van der Waals surface area (Å²) in [6.07, 6.45) is 5.87. The van der Waals surface area contributed by atoms with Crippen LogP contribution in [0.15, 0.2) is 60.8 Å². The molecule has 116 valence electrons. The molecule has 23 heavy (non-hydrogen) atoms. The SMILES string of the molecule is O=C(C=Cc1ccc(F)cc1)NCCc1c[nH]c2ccccc12. The number of rotatable bonds is 5. The van der Waals surface area contributed by atoms with Gasteiger partial charge in [0.15, 0.2) is 0 Å². The maximum absolute atomic E-state index is 12.8. The van der Waals surface area contributed by atoms with E-state index < -0.39 is 0 Å². The second-order valence-corrected chi connectivity index (χ2v) is 5.29. The molecule has 0 saturated carbocycles. The minimum atomic E-state index is -0.287. The Kier molecular flexibility index (Phi) is 4.52. The summed E-state index contributed by atoms with van der Waals surface area (Å²) >= 11 is 0. The number of carbonyl (C=O) groups excluding carboxylic acids is 1. The predicted molar refractivity (Wildman–Crippen MR) is 90.4 cm³/mol. The highest BCUT2D eigenvalue weighted by molar-refractivity contribution is 5.91. The highest BCUT2D eigenvalue weighted by atomic mass is 19.1. The molecule has 4 heteroatoms. The topological polar surface area (TPSA) is 44.9 Å². The van der Waals surface area contributed by atoms with E-state index in [-0.39, 0.29) is 11.7 Å². The van der Waals surface area contributed by atoms with Gasteiger partial charge in [0.1, 0.15) is 5.82 Å². The van der Waals surface area contributed by atoms with Gasteiger partial charge in [-0.1, -0.05) is 30.3 Å². The van der Waals surface area contributed by atoms with Crippen LogP contribution in [0.1, 0.15) is 11.1 Å². The number of aromatic nitrogens is 1. The van der Waals surface area contributed by atoms with Crippen molar-refractivity contribution in [1.82, 2.24) is 10.3 Å². The molecule has 1 heterocycles. The van der Waals surface area contributed by atoms with Gasteiger partial charge in [-0.2, -0.15) is 0 Å². The highest BCUT2D eigenvalue weighted by Gasteiger charge is 2.03. The Hall–Kier alpha value is -2.88. The Morgan fingerprint density at radius 3 is 2.74 bits per heavy atom. The number of hydrogen-bond donors (Lipinski definition) is 2. The van der Waals surface area contributed by atoms with Gasteiger partial charge in [0, 0.05) is 29.7 Å². The molecule has 3 aromatic rings. The van der Waals surface area contributed by atoms with Gasteiger partial charge < -0.3 is 10.3 Å². The molecular formula is C19H17FN2O. The number of aromatic amines is 1. The molecule has 0 aliphatic rings. The minimum Gasteiger partial charge on any atom is -0.361 e. The predicted octanol–water partition coefficient (Wildman–Crippen LogP) is 3.68. The van der Waals surface area contributed by atoms with Crippen molar-refractivity contribution in [3.63, 3.8) is 0 Å². The quantitative estimate of drug-likeness (QED) is 0.694. The lowest BCUT2D eigenvalue weighted by Crippen LogP contribution is -2.23. The first-order valence-electron chi connectivity index (χ1n) is 7.49. The Bertz CT molecular complexity index is 834. The van der Waals surface area contributed by atoms with Gasteiger partial charge in [0.05, 0.1) is 0 Å². The van der Waals surface area contributed by atoms with Crippen molar-refractivity contribution in [2.24, 2.45) is 0 Å². The van der Waals surface area contributed by atoms with Crippen LogP contribution in [0.25, 0.3) is 17.0 Å². The van der Waals surface area contributed by atoms with Gasteiger partial charge in [-0.3, -0.25) is 4.79 Å². The maximum atomic E-state index is 12.8. The molecule has 0 unspecified atom stereocenters. The summed E-state index contributed by atoms with van der Waals surface area (Å²) in [7, 11) is 0. The first-order valence-corrected chi connectivity index (χ1v) is 7.49. The highest BCUT2D eigenvalue weighted by Crippen LogP contribution is 2.17. The molecule has 0 atom stereocenters. The van der Waals surface area contributed by atoms with E-state index in [9.17, 15) is 9.18 Å². The molecule has 0 radical (unpaired) electrons. The van der Waals surface area contributed by atoms with Crippen LogP contribution in [-0.4, -0.2) is 17.4 Å². The van der Waals surface area contributed by atoms with E-state index in [1.54, 1.807) is 18.2 Å². The number of halogens is 1. The average Bonchev–Trinajstić information content (AvgIpc) is 2.98.